The molecule has 0 bridgehead atoms. The standard InChI is InChI=1S/C64H125NO5/c1-3-5-7-9-11-13-15-17-19-21-24-28-32-36-40-44-48-52-56-62(67)61(60-66)65-63(68)57-53-49-45-41-37-33-29-25-23-27-31-35-39-43-47-51-55-59-70-64(69)58-54-50-46-42-38-34-30-26-22-20-18-16-14-12-10-8-6-4-2/h20,22,61-62,66-67H,3-19,21,23-60H2,1-2H3,(H,65,68)/b22-20-. The van der Waals surface area contributed by atoms with Gasteiger partial charge in [-0.3, -0.25) is 9.59 Å². The maximum Gasteiger partial charge on any atom is 0.305 e. The molecule has 2 atom stereocenters. The van der Waals surface area contributed by atoms with Crippen LogP contribution in [0.25, 0.3) is 0 Å². The number of unbranched alkanes of at least 4 members (excludes halogenated alkanes) is 47. The van der Waals surface area contributed by atoms with Gasteiger partial charge < -0.3 is 20.3 Å². The van der Waals surface area contributed by atoms with Crippen molar-refractivity contribution in [3.05, 3.63) is 12.2 Å². The van der Waals surface area contributed by atoms with Crippen LogP contribution in [0.4, 0.5) is 0 Å². The molecule has 0 aromatic heterocycles. The molecule has 0 fully saturated rings. The molecule has 70 heavy (non-hydrogen) atoms. The lowest BCUT2D eigenvalue weighted by Crippen LogP contribution is -2.45. The summed E-state index contributed by atoms with van der Waals surface area (Å²) in [5.74, 6) is -0.0332. The number of carbonyl (C=O) groups is 2. The summed E-state index contributed by atoms with van der Waals surface area (Å²) in [6.07, 6.45) is 72.2. The zero-order valence-corrected chi connectivity index (χ0v) is 47.5. The van der Waals surface area contributed by atoms with Crippen molar-refractivity contribution in [2.24, 2.45) is 0 Å². The van der Waals surface area contributed by atoms with Crippen molar-refractivity contribution in [2.45, 2.75) is 373 Å². The summed E-state index contributed by atoms with van der Waals surface area (Å²) in [7, 11) is 0. The number of rotatable bonds is 60. The fourth-order valence-electron chi connectivity index (χ4n) is 10.2. The van der Waals surface area contributed by atoms with Crippen LogP contribution in [0, 0.1) is 0 Å². The summed E-state index contributed by atoms with van der Waals surface area (Å²) < 4.78 is 5.49. The highest BCUT2D eigenvalue weighted by Crippen LogP contribution is 2.18. The van der Waals surface area contributed by atoms with Crippen molar-refractivity contribution in [1.82, 2.24) is 5.32 Å². The van der Waals surface area contributed by atoms with Crippen LogP contribution >= 0.6 is 0 Å². The molecular formula is C64H125NO5. The predicted molar refractivity (Wildman–Crippen MR) is 306 cm³/mol. The predicted octanol–water partition coefficient (Wildman–Crippen LogP) is 20.0. The largest absolute Gasteiger partial charge is 0.466 e. The number of carbonyl (C=O) groups excluding carboxylic acids is 2. The number of ether oxygens (including phenoxy) is 1. The van der Waals surface area contributed by atoms with Gasteiger partial charge in [0.2, 0.25) is 5.91 Å². The van der Waals surface area contributed by atoms with Gasteiger partial charge in [-0.1, -0.05) is 309 Å². The zero-order chi connectivity index (χ0) is 50.7. The number of allylic oxidation sites excluding steroid dienone is 2. The average Bonchev–Trinajstić information content (AvgIpc) is 3.36. The van der Waals surface area contributed by atoms with Crippen molar-refractivity contribution in [3.63, 3.8) is 0 Å². The zero-order valence-electron chi connectivity index (χ0n) is 47.5. The minimum absolute atomic E-state index is 0.00360. The molecule has 1 amide bonds. The minimum atomic E-state index is -0.668. The van der Waals surface area contributed by atoms with Crippen LogP contribution < -0.4 is 5.32 Å². The summed E-state index contributed by atoms with van der Waals surface area (Å²) in [6.45, 7) is 4.97. The molecule has 0 aliphatic rings. The van der Waals surface area contributed by atoms with E-state index in [0.717, 1.165) is 44.9 Å². The summed E-state index contributed by atoms with van der Waals surface area (Å²) in [5.41, 5.74) is 0. The van der Waals surface area contributed by atoms with E-state index in [4.69, 9.17) is 4.74 Å². The molecule has 2 unspecified atom stereocenters. The van der Waals surface area contributed by atoms with E-state index in [1.807, 2.05) is 0 Å². The number of hydrogen-bond acceptors (Lipinski definition) is 5. The smallest absolute Gasteiger partial charge is 0.305 e. The summed E-state index contributed by atoms with van der Waals surface area (Å²) in [6, 6.07) is -0.545. The molecule has 0 aromatic rings. The van der Waals surface area contributed by atoms with E-state index in [-0.39, 0.29) is 18.5 Å². The van der Waals surface area contributed by atoms with E-state index in [0.29, 0.717) is 25.9 Å². The Kier molecular flexibility index (Phi) is 59.0. The van der Waals surface area contributed by atoms with Crippen LogP contribution in [0.3, 0.4) is 0 Å². The molecule has 0 aliphatic carbocycles. The topological polar surface area (TPSA) is 95.9 Å². The Morgan fingerprint density at radius 2 is 0.671 bits per heavy atom. The van der Waals surface area contributed by atoms with Crippen molar-refractivity contribution in [3.8, 4) is 0 Å². The van der Waals surface area contributed by atoms with E-state index in [2.05, 4.69) is 31.3 Å². The van der Waals surface area contributed by atoms with Gasteiger partial charge in [0.05, 0.1) is 25.4 Å². The monoisotopic (exact) mass is 988 g/mol. The van der Waals surface area contributed by atoms with Gasteiger partial charge in [-0.05, 0) is 51.4 Å². The lowest BCUT2D eigenvalue weighted by molar-refractivity contribution is -0.143. The van der Waals surface area contributed by atoms with Crippen LogP contribution in [-0.2, 0) is 14.3 Å². The number of hydrogen-bond donors (Lipinski definition) is 3. The third kappa shape index (κ3) is 55.9. The normalized spacial score (nSPS) is 12.6. The summed E-state index contributed by atoms with van der Waals surface area (Å²) in [4.78, 5) is 24.6. The molecule has 0 saturated carbocycles. The molecular weight excluding hydrogens is 863 g/mol. The first kappa shape index (κ1) is 68.6. The van der Waals surface area contributed by atoms with Gasteiger partial charge in [-0.25, -0.2) is 0 Å². The molecule has 416 valence electrons. The Morgan fingerprint density at radius 1 is 0.386 bits per heavy atom. The van der Waals surface area contributed by atoms with Crippen molar-refractivity contribution < 1.29 is 24.5 Å². The van der Waals surface area contributed by atoms with E-state index in [1.165, 1.54) is 283 Å². The number of aliphatic hydroxyl groups excluding tert-OH is 2. The molecule has 3 N–H and O–H groups in total. The molecule has 0 aliphatic heterocycles. The van der Waals surface area contributed by atoms with E-state index in [9.17, 15) is 19.8 Å². The lowest BCUT2D eigenvalue weighted by Gasteiger charge is -2.22. The maximum absolute atomic E-state index is 12.5. The van der Waals surface area contributed by atoms with E-state index in [1.54, 1.807) is 0 Å². The highest BCUT2D eigenvalue weighted by molar-refractivity contribution is 5.76. The number of nitrogens with one attached hydrogen (secondary N) is 1. The molecule has 0 aromatic carbocycles. The Balaban J connectivity index is 3.40. The fourth-order valence-corrected chi connectivity index (χ4v) is 10.2. The maximum atomic E-state index is 12.5. The van der Waals surface area contributed by atoms with Gasteiger partial charge in [0.25, 0.3) is 0 Å². The Morgan fingerprint density at radius 3 is 1.01 bits per heavy atom. The molecule has 0 spiro atoms. The van der Waals surface area contributed by atoms with Gasteiger partial charge >= 0.3 is 5.97 Å². The second-order valence-electron chi connectivity index (χ2n) is 22.1. The molecule has 6 nitrogen and oxygen atoms in total. The minimum Gasteiger partial charge on any atom is -0.466 e. The average molecular weight is 989 g/mol. The SMILES string of the molecule is CCCCCCCCC/C=C\CCCCCCCCCC(=O)OCCCCCCCCCCCCCCCCCCCC(=O)NC(CO)C(O)CCCCCCCCCCCCCCCCCCCC. The second-order valence-corrected chi connectivity index (χ2v) is 22.1. The van der Waals surface area contributed by atoms with Gasteiger partial charge in [-0.15, -0.1) is 0 Å². The van der Waals surface area contributed by atoms with Crippen LogP contribution in [0.15, 0.2) is 12.2 Å². The van der Waals surface area contributed by atoms with Crippen molar-refractivity contribution >= 4 is 11.9 Å². The molecule has 0 saturated heterocycles. The molecule has 0 radical (unpaired) electrons. The summed E-state index contributed by atoms with van der Waals surface area (Å²) in [5, 5.41) is 23.3. The van der Waals surface area contributed by atoms with Gasteiger partial charge in [-0.2, -0.15) is 0 Å². The third-order valence-corrected chi connectivity index (χ3v) is 15.1. The van der Waals surface area contributed by atoms with E-state index < -0.39 is 12.1 Å². The first-order valence-corrected chi connectivity index (χ1v) is 31.9. The Labute approximate surface area is 438 Å². The first-order chi connectivity index (χ1) is 34.5. The second kappa shape index (κ2) is 60.2. The van der Waals surface area contributed by atoms with Crippen LogP contribution in [0.2, 0.25) is 0 Å². The lowest BCUT2D eigenvalue weighted by atomic mass is 10.0. The summed E-state index contributed by atoms with van der Waals surface area (Å²) >= 11 is 0. The fraction of sp³-hybridized carbons (Fsp3) is 0.938. The molecule has 0 rings (SSSR count). The molecule has 6 heteroatoms. The number of esters is 1. The van der Waals surface area contributed by atoms with Gasteiger partial charge in [0.1, 0.15) is 0 Å². The molecule has 0 heterocycles. The van der Waals surface area contributed by atoms with Crippen LogP contribution in [-0.4, -0.2) is 47.4 Å². The van der Waals surface area contributed by atoms with Crippen LogP contribution in [0.1, 0.15) is 361 Å². The van der Waals surface area contributed by atoms with E-state index >= 15 is 0 Å². The Bertz CT molecular complexity index is 1050. The van der Waals surface area contributed by atoms with Crippen molar-refractivity contribution in [1.29, 1.82) is 0 Å². The third-order valence-electron chi connectivity index (χ3n) is 15.1. The van der Waals surface area contributed by atoms with Crippen molar-refractivity contribution in [2.75, 3.05) is 13.2 Å². The highest BCUT2D eigenvalue weighted by Gasteiger charge is 2.20. The highest BCUT2D eigenvalue weighted by atomic mass is 16.5. The number of amides is 1. The van der Waals surface area contributed by atoms with Gasteiger partial charge in [0, 0.05) is 12.8 Å². The number of aliphatic hydroxyl groups is 2. The quantitative estimate of drug-likeness (QED) is 0.0321. The first-order valence-electron chi connectivity index (χ1n) is 31.9. The van der Waals surface area contributed by atoms with Crippen LogP contribution in [0.5, 0.6) is 0 Å². The van der Waals surface area contributed by atoms with Gasteiger partial charge in [0.15, 0.2) is 0 Å². The Hall–Kier alpha value is -1.40.